The van der Waals surface area contributed by atoms with Gasteiger partial charge in [0.25, 0.3) is 0 Å². The second-order valence-corrected chi connectivity index (χ2v) is 5.86. The van der Waals surface area contributed by atoms with Crippen molar-refractivity contribution in [2.45, 2.75) is 57.9 Å². The number of hydrogen-bond acceptors (Lipinski definition) is 2. The van der Waals surface area contributed by atoms with Gasteiger partial charge in [0.2, 0.25) is 0 Å². The monoisotopic (exact) mass is 268 g/mol. The summed E-state index contributed by atoms with van der Waals surface area (Å²) in [5, 5.41) is 3.03. The molecule has 0 bridgehead atoms. The van der Waals surface area contributed by atoms with Crippen LogP contribution in [0.15, 0.2) is 0 Å². The number of nitrogens with one attached hydrogen (secondary N) is 1. The van der Waals surface area contributed by atoms with Crippen molar-refractivity contribution in [2.75, 3.05) is 26.3 Å². The lowest BCUT2D eigenvalue weighted by Crippen LogP contribution is -2.48. The second-order valence-electron chi connectivity index (χ2n) is 5.86. The van der Waals surface area contributed by atoms with E-state index in [1.807, 2.05) is 4.90 Å². The van der Waals surface area contributed by atoms with E-state index in [2.05, 4.69) is 12.2 Å². The van der Waals surface area contributed by atoms with Crippen LogP contribution in [-0.2, 0) is 4.74 Å². The van der Waals surface area contributed by atoms with E-state index in [0.29, 0.717) is 6.04 Å². The highest BCUT2D eigenvalue weighted by Crippen LogP contribution is 2.28. The van der Waals surface area contributed by atoms with Crippen LogP contribution in [0.3, 0.4) is 0 Å². The van der Waals surface area contributed by atoms with E-state index in [0.717, 1.165) is 57.9 Å². The third-order valence-corrected chi connectivity index (χ3v) is 4.15. The molecule has 1 N–H and O–H groups in total. The van der Waals surface area contributed by atoms with Gasteiger partial charge in [-0.05, 0) is 50.9 Å². The maximum absolute atomic E-state index is 12.1. The quantitative estimate of drug-likeness (QED) is 0.721. The lowest BCUT2D eigenvalue weighted by atomic mass is 10.0. The van der Waals surface area contributed by atoms with Crippen molar-refractivity contribution in [2.24, 2.45) is 5.92 Å². The highest BCUT2D eigenvalue weighted by molar-refractivity contribution is 5.74. The van der Waals surface area contributed by atoms with E-state index in [1.165, 1.54) is 19.3 Å². The van der Waals surface area contributed by atoms with Crippen LogP contribution in [0.25, 0.3) is 0 Å². The average molecular weight is 268 g/mol. The molecule has 0 aromatic heterocycles. The summed E-state index contributed by atoms with van der Waals surface area (Å²) in [4.78, 5) is 14.1. The predicted octanol–water partition coefficient (Wildman–Crippen LogP) is 2.78. The Morgan fingerprint density at radius 3 is 2.89 bits per heavy atom. The molecule has 19 heavy (non-hydrogen) atoms. The summed E-state index contributed by atoms with van der Waals surface area (Å²) >= 11 is 0. The number of carbonyl (C=O) groups is 1. The molecule has 1 unspecified atom stereocenters. The first-order chi connectivity index (χ1) is 9.31. The van der Waals surface area contributed by atoms with Crippen molar-refractivity contribution >= 4 is 6.03 Å². The van der Waals surface area contributed by atoms with Crippen LogP contribution < -0.4 is 5.32 Å². The summed E-state index contributed by atoms with van der Waals surface area (Å²) in [7, 11) is 0. The van der Waals surface area contributed by atoms with Gasteiger partial charge < -0.3 is 15.0 Å². The molecular formula is C15H28N2O2. The number of urea groups is 1. The van der Waals surface area contributed by atoms with Crippen LogP contribution in [0.2, 0.25) is 0 Å². The Morgan fingerprint density at radius 1 is 1.32 bits per heavy atom. The van der Waals surface area contributed by atoms with Gasteiger partial charge in [0.15, 0.2) is 0 Å². The lowest BCUT2D eigenvalue weighted by molar-refractivity contribution is 0.120. The molecule has 1 heterocycles. The lowest BCUT2D eigenvalue weighted by Gasteiger charge is -2.35. The number of carbonyl (C=O) groups excluding carboxylic acids is 1. The van der Waals surface area contributed by atoms with Gasteiger partial charge in [-0.3, -0.25) is 0 Å². The minimum absolute atomic E-state index is 0.119. The van der Waals surface area contributed by atoms with E-state index in [9.17, 15) is 4.79 Å². The maximum Gasteiger partial charge on any atom is 0.317 e. The molecular weight excluding hydrogens is 240 g/mol. The third kappa shape index (κ3) is 5.01. The molecule has 0 radical (unpaired) electrons. The van der Waals surface area contributed by atoms with Gasteiger partial charge in [-0.2, -0.15) is 0 Å². The summed E-state index contributed by atoms with van der Waals surface area (Å²) in [6.45, 7) is 5.51. The molecule has 110 valence electrons. The normalized spacial score (nSPS) is 23.4. The van der Waals surface area contributed by atoms with Crippen LogP contribution in [0.4, 0.5) is 4.79 Å². The molecule has 1 saturated carbocycles. The van der Waals surface area contributed by atoms with Crippen LogP contribution in [-0.4, -0.2) is 43.3 Å². The molecule has 2 rings (SSSR count). The molecule has 1 aliphatic heterocycles. The van der Waals surface area contributed by atoms with E-state index in [-0.39, 0.29) is 6.03 Å². The molecule has 0 spiro atoms. The number of likely N-dealkylation sites (tertiary alicyclic amines) is 1. The highest BCUT2D eigenvalue weighted by Gasteiger charge is 2.24. The Morgan fingerprint density at radius 2 is 2.16 bits per heavy atom. The van der Waals surface area contributed by atoms with Gasteiger partial charge in [0, 0.05) is 32.3 Å². The number of rotatable bonds is 7. The molecule has 4 nitrogen and oxygen atoms in total. The minimum Gasteiger partial charge on any atom is -0.381 e. The van der Waals surface area contributed by atoms with Gasteiger partial charge in [0.1, 0.15) is 0 Å². The molecule has 2 amide bonds. The fourth-order valence-electron chi connectivity index (χ4n) is 2.70. The molecule has 0 aromatic carbocycles. The zero-order chi connectivity index (χ0) is 13.5. The highest BCUT2D eigenvalue weighted by atomic mass is 16.5. The van der Waals surface area contributed by atoms with Crippen molar-refractivity contribution in [1.82, 2.24) is 10.2 Å². The first kappa shape index (κ1) is 14.6. The largest absolute Gasteiger partial charge is 0.381 e. The van der Waals surface area contributed by atoms with Gasteiger partial charge in [0.05, 0.1) is 0 Å². The zero-order valence-electron chi connectivity index (χ0n) is 12.2. The standard InChI is InChI=1S/C15H28N2O2/c1-2-14-6-3-4-10-17(14)15(18)16-9-5-11-19-12-13-7-8-13/h13-14H,2-12H2,1H3,(H,16,18). The number of nitrogens with zero attached hydrogens (tertiary/aromatic N) is 1. The number of piperidine rings is 1. The summed E-state index contributed by atoms with van der Waals surface area (Å²) in [6.07, 6.45) is 8.23. The first-order valence-electron chi connectivity index (χ1n) is 7.93. The second kappa shape index (κ2) is 7.73. The van der Waals surface area contributed by atoms with Gasteiger partial charge >= 0.3 is 6.03 Å². The summed E-state index contributed by atoms with van der Waals surface area (Å²) in [5.74, 6) is 0.827. The topological polar surface area (TPSA) is 41.6 Å². The average Bonchev–Trinajstić information content (AvgIpc) is 3.26. The van der Waals surface area contributed by atoms with Crippen LogP contribution in [0.1, 0.15) is 51.9 Å². The van der Waals surface area contributed by atoms with Gasteiger partial charge in [-0.1, -0.05) is 6.92 Å². The van der Waals surface area contributed by atoms with E-state index < -0.39 is 0 Å². The molecule has 0 aromatic rings. The molecule has 4 heteroatoms. The molecule has 2 fully saturated rings. The Balaban J connectivity index is 1.54. The Hall–Kier alpha value is -0.770. The third-order valence-electron chi connectivity index (χ3n) is 4.15. The maximum atomic E-state index is 12.1. The van der Waals surface area contributed by atoms with Crippen molar-refractivity contribution < 1.29 is 9.53 Å². The van der Waals surface area contributed by atoms with E-state index >= 15 is 0 Å². The van der Waals surface area contributed by atoms with E-state index in [1.54, 1.807) is 0 Å². The van der Waals surface area contributed by atoms with Crippen molar-refractivity contribution in [3.63, 3.8) is 0 Å². The Bertz CT molecular complexity index is 279. The molecule has 1 saturated heterocycles. The van der Waals surface area contributed by atoms with Crippen LogP contribution >= 0.6 is 0 Å². The summed E-state index contributed by atoms with van der Waals surface area (Å²) < 4.78 is 5.56. The van der Waals surface area contributed by atoms with E-state index in [4.69, 9.17) is 4.74 Å². The first-order valence-corrected chi connectivity index (χ1v) is 7.93. The summed E-state index contributed by atoms with van der Waals surface area (Å²) in [5.41, 5.74) is 0. The smallest absolute Gasteiger partial charge is 0.317 e. The SMILES string of the molecule is CCC1CCCCN1C(=O)NCCCOCC1CC1. The predicted molar refractivity (Wildman–Crippen MR) is 76.2 cm³/mol. The molecule has 1 atom stereocenters. The number of ether oxygens (including phenoxy) is 1. The minimum atomic E-state index is 0.119. The summed E-state index contributed by atoms with van der Waals surface area (Å²) in [6, 6.07) is 0.564. The van der Waals surface area contributed by atoms with Crippen molar-refractivity contribution in [3.05, 3.63) is 0 Å². The van der Waals surface area contributed by atoms with Crippen LogP contribution in [0.5, 0.6) is 0 Å². The van der Waals surface area contributed by atoms with Gasteiger partial charge in [-0.15, -0.1) is 0 Å². The number of amides is 2. The van der Waals surface area contributed by atoms with Crippen molar-refractivity contribution in [3.8, 4) is 0 Å². The van der Waals surface area contributed by atoms with Crippen molar-refractivity contribution in [1.29, 1.82) is 0 Å². The number of hydrogen-bond donors (Lipinski definition) is 1. The molecule has 2 aliphatic rings. The fourth-order valence-corrected chi connectivity index (χ4v) is 2.70. The molecule has 1 aliphatic carbocycles. The fraction of sp³-hybridized carbons (Fsp3) is 0.933. The van der Waals surface area contributed by atoms with Crippen LogP contribution in [0, 0.1) is 5.92 Å². The van der Waals surface area contributed by atoms with Gasteiger partial charge in [-0.25, -0.2) is 4.79 Å². The Labute approximate surface area is 116 Å². The Kier molecular flexibility index (Phi) is 5.95. The zero-order valence-corrected chi connectivity index (χ0v) is 12.2.